The number of carbonyl (C=O) groups excluding carboxylic acids is 1. The van der Waals surface area contributed by atoms with Crippen molar-refractivity contribution >= 4 is 28.7 Å². The summed E-state index contributed by atoms with van der Waals surface area (Å²) in [5.41, 5.74) is 0.784. The van der Waals surface area contributed by atoms with Crippen LogP contribution in [0.3, 0.4) is 0 Å². The van der Waals surface area contributed by atoms with Crippen LogP contribution in [0.1, 0.15) is 36.3 Å². The third-order valence-corrected chi connectivity index (χ3v) is 6.43. The number of benzene rings is 1. The van der Waals surface area contributed by atoms with Crippen LogP contribution >= 0.6 is 0 Å². The summed E-state index contributed by atoms with van der Waals surface area (Å²) in [6.45, 7) is 2.49. The van der Waals surface area contributed by atoms with Crippen LogP contribution in [-0.2, 0) is 10.7 Å². The predicted molar refractivity (Wildman–Crippen MR) is 133 cm³/mol. The van der Waals surface area contributed by atoms with Gasteiger partial charge in [0.2, 0.25) is 11.7 Å². The summed E-state index contributed by atoms with van der Waals surface area (Å²) in [6, 6.07) is 6.92. The van der Waals surface area contributed by atoms with E-state index in [1.807, 2.05) is 0 Å². The van der Waals surface area contributed by atoms with Crippen molar-refractivity contribution in [3.8, 4) is 0 Å². The van der Waals surface area contributed by atoms with Gasteiger partial charge >= 0.3 is 5.92 Å². The van der Waals surface area contributed by atoms with Gasteiger partial charge in [0.1, 0.15) is 11.3 Å². The van der Waals surface area contributed by atoms with Gasteiger partial charge in [-0.25, -0.2) is 22.7 Å². The molecule has 3 aromatic heterocycles. The zero-order valence-electron chi connectivity index (χ0n) is 20.8. The number of hydrogen-bond acceptors (Lipinski definition) is 6. The number of piperidine rings is 1. The molecule has 14 heteroatoms. The fourth-order valence-electron chi connectivity index (χ4n) is 4.27. The molecule has 1 aliphatic rings. The number of fused-ring (bicyclic) bond motifs is 1. The van der Waals surface area contributed by atoms with Crippen molar-refractivity contribution < 1.29 is 26.7 Å². The van der Waals surface area contributed by atoms with Gasteiger partial charge in [-0.1, -0.05) is 0 Å². The van der Waals surface area contributed by atoms with Crippen LogP contribution in [-0.4, -0.2) is 61.2 Å². The average Bonchev–Trinajstić information content (AvgIpc) is 3.48. The van der Waals surface area contributed by atoms with Crippen molar-refractivity contribution in [3.63, 3.8) is 0 Å². The normalized spacial score (nSPS) is 15.9. The molecule has 0 bridgehead atoms. The van der Waals surface area contributed by atoms with Crippen LogP contribution in [0, 0.1) is 12.7 Å². The van der Waals surface area contributed by atoms with Crippen LogP contribution in [0.4, 0.5) is 39.3 Å². The van der Waals surface area contributed by atoms with Crippen molar-refractivity contribution in [2.45, 2.75) is 38.0 Å². The maximum absolute atomic E-state index is 15.4. The van der Waals surface area contributed by atoms with Crippen LogP contribution in [0.5, 0.6) is 0 Å². The molecule has 1 aliphatic heterocycles. The van der Waals surface area contributed by atoms with Gasteiger partial charge in [-0.15, -0.1) is 5.10 Å². The molecule has 39 heavy (non-hydrogen) atoms. The molecule has 206 valence electrons. The minimum absolute atomic E-state index is 0.00281. The number of carbonyl (C=O) groups is 1. The summed E-state index contributed by atoms with van der Waals surface area (Å²) in [4.78, 5) is 18.4. The molecule has 1 saturated heterocycles. The number of halogens is 5. The number of nitrogens with zero attached hydrogens (tertiary/aromatic N) is 5. The second kappa shape index (κ2) is 10.2. The third-order valence-electron chi connectivity index (χ3n) is 6.43. The fourth-order valence-corrected chi connectivity index (χ4v) is 4.27. The molecule has 1 fully saturated rings. The van der Waals surface area contributed by atoms with Crippen molar-refractivity contribution in [3.05, 3.63) is 65.5 Å². The molecule has 0 unspecified atom stereocenters. The SMILES string of the molecule is Cc1cc(Nc2nc(C(F)(F)c3ccc(F)cc3)nn3cc(NC(=O)CCN4CCC(F)(F)CC4)cc23)n[nH]1. The van der Waals surface area contributed by atoms with E-state index in [4.69, 9.17) is 0 Å². The van der Waals surface area contributed by atoms with Gasteiger partial charge < -0.3 is 15.5 Å². The lowest BCUT2D eigenvalue weighted by atomic mass is 10.1. The van der Waals surface area contributed by atoms with Crippen LogP contribution in [0.15, 0.2) is 42.6 Å². The number of nitrogens with one attached hydrogen (secondary N) is 3. The number of amides is 1. The number of aryl methyl sites for hydroxylation is 1. The van der Waals surface area contributed by atoms with Gasteiger partial charge in [0.25, 0.3) is 5.92 Å². The minimum atomic E-state index is -3.67. The topological polar surface area (TPSA) is 103 Å². The van der Waals surface area contributed by atoms with Gasteiger partial charge in [-0.2, -0.15) is 13.9 Å². The number of alkyl halides is 4. The Morgan fingerprint density at radius 1 is 1.15 bits per heavy atom. The van der Waals surface area contributed by atoms with E-state index in [1.165, 1.54) is 12.3 Å². The smallest absolute Gasteiger partial charge is 0.325 e. The summed E-state index contributed by atoms with van der Waals surface area (Å²) >= 11 is 0. The summed E-state index contributed by atoms with van der Waals surface area (Å²) in [6.07, 6.45) is 0.944. The molecular weight excluding hydrogens is 523 g/mol. The first-order valence-electron chi connectivity index (χ1n) is 12.2. The molecule has 4 heterocycles. The first kappa shape index (κ1) is 26.5. The van der Waals surface area contributed by atoms with Gasteiger partial charge in [0.15, 0.2) is 11.6 Å². The van der Waals surface area contributed by atoms with E-state index in [9.17, 15) is 18.0 Å². The zero-order chi connectivity index (χ0) is 27.8. The van der Waals surface area contributed by atoms with Crippen LogP contribution < -0.4 is 10.6 Å². The highest BCUT2D eigenvalue weighted by Crippen LogP contribution is 2.35. The van der Waals surface area contributed by atoms with Gasteiger partial charge in [0, 0.05) is 56.2 Å². The van der Waals surface area contributed by atoms with Crippen molar-refractivity contribution in [1.29, 1.82) is 0 Å². The highest BCUT2D eigenvalue weighted by molar-refractivity contribution is 5.92. The van der Waals surface area contributed by atoms with Crippen LogP contribution in [0.2, 0.25) is 0 Å². The Morgan fingerprint density at radius 3 is 2.54 bits per heavy atom. The molecule has 1 amide bonds. The Kier molecular flexibility index (Phi) is 6.97. The number of H-pyrrole nitrogens is 1. The Labute approximate surface area is 219 Å². The maximum Gasteiger partial charge on any atom is 0.333 e. The van der Waals surface area contributed by atoms with Gasteiger partial charge in [-0.3, -0.25) is 9.89 Å². The highest BCUT2D eigenvalue weighted by Gasteiger charge is 2.39. The molecule has 3 N–H and O–H groups in total. The zero-order valence-corrected chi connectivity index (χ0v) is 20.8. The van der Waals surface area contributed by atoms with E-state index < -0.39 is 29.1 Å². The first-order chi connectivity index (χ1) is 18.5. The maximum atomic E-state index is 15.4. The molecule has 5 rings (SSSR count). The monoisotopic (exact) mass is 548 g/mol. The minimum Gasteiger partial charge on any atom is -0.325 e. The lowest BCUT2D eigenvalue weighted by Gasteiger charge is -2.31. The average molecular weight is 549 g/mol. The van der Waals surface area contributed by atoms with Crippen LogP contribution in [0.25, 0.3) is 5.52 Å². The van der Waals surface area contributed by atoms with Gasteiger partial charge in [0.05, 0.1) is 11.9 Å². The highest BCUT2D eigenvalue weighted by atomic mass is 19.3. The largest absolute Gasteiger partial charge is 0.333 e. The van der Waals surface area contributed by atoms with E-state index in [1.54, 1.807) is 17.9 Å². The Bertz CT molecular complexity index is 1470. The summed E-state index contributed by atoms with van der Waals surface area (Å²) in [7, 11) is 0. The lowest BCUT2D eigenvalue weighted by Crippen LogP contribution is -2.40. The van der Waals surface area contributed by atoms with E-state index in [2.05, 4.69) is 30.9 Å². The lowest BCUT2D eigenvalue weighted by molar-refractivity contribution is -0.116. The number of hydrogen-bond donors (Lipinski definition) is 3. The molecular formula is C25H25F5N8O. The molecule has 0 spiro atoms. The summed E-state index contributed by atoms with van der Waals surface area (Å²) in [5.74, 6) is -7.90. The predicted octanol–water partition coefficient (Wildman–Crippen LogP) is 4.84. The second-order valence-electron chi connectivity index (χ2n) is 9.48. The summed E-state index contributed by atoms with van der Waals surface area (Å²) < 4.78 is 72.0. The molecule has 0 aliphatic carbocycles. The first-order valence-corrected chi connectivity index (χ1v) is 12.2. The fraction of sp³-hybridized carbons (Fsp3) is 0.360. The van der Waals surface area contributed by atoms with E-state index in [0.717, 1.165) is 34.5 Å². The molecule has 1 aromatic carbocycles. The van der Waals surface area contributed by atoms with Gasteiger partial charge in [-0.05, 0) is 37.3 Å². The molecule has 0 atom stereocenters. The molecule has 0 radical (unpaired) electrons. The number of rotatable bonds is 8. The Balaban J connectivity index is 1.39. The Hall–Kier alpha value is -4.07. The second-order valence-corrected chi connectivity index (χ2v) is 9.48. The molecule has 0 saturated carbocycles. The van der Waals surface area contributed by atoms with E-state index >= 15 is 8.78 Å². The van der Waals surface area contributed by atoms with Crippen molar-refractivity contribution in [2.24, 2.45) is 0 Å². The number of aromatic amines is 1. The quantitative estimate of drug-likeness (QED) is 0.272. The van der Waals surface area contributed by atoms with E-state index in [-0.39, 0.29) is 55.3 Å². The van der Waals surface area contributed by atoms with Crippen molar-refractivity contribution in [2.75, 3.05) is 30.3 Å². The Morgan fingerprint density at radius 2 is 1.87 bits per heavy atom. The molecule has 4 aromatic rings. The number of aromatic nitrogens is 5. The van der Waals surface area contributed by atoms with Crippen molar-refractivity contribution in [1.82, 2.24) is 29.7 Å². The third kappa shape index (κ3) is 6.00. The number of anilines is 3. The summed E-state index contributed by atoms with van der Waals surface area (Å²) in [5, 5.41) is 16.4. The number of likely N-dealkylation sites (tertiary alicyclic amines) is 1. The standard InChI is InChI=1S/C25H25F5N8O/c1-15-12-20(35-34-15)32-22-19-13-18(31-21(39)6-9-37-10-7-24(27,28)8-11-37)14-38(19)36-23(33-22)25(29,30)16-2-4-17(26)5-3-16/h2-5,12-14H,6-11H2,1H3,(H,31,39)(H2,32,33,34,35,36). The molecule has 9 nitrogen and oxygen atoms in total. The van der Waals surface area contributed by atoms with E-state index in [0.29, 0.717) is 12.4 Å².